The Bertz CT molecular complexity index is 546. The van der Waals surface area contributed by atoms with Crippen LogP contribution in [0.1, 0.15) is 28.4 Å². The molecule has 0 aliphatic rings. The summed E-state index contributed by atoms with van der Waals surface area (Å²) in [7, 11) is 0. The number of benzene rings is 2. The molecule has 0 heterocycles. The fourth-order valence-corrected chi connectivity index (χ4v) is 2.73. The Morgan fingerprint density at radius 3 is 2.44 bits per heavy atom. The zero-order chi connectivity index (χ0) is 13.0. The van der Waals surface area contributed by atoms with Gasteiger partial charge < -0.3 is 0 Å². The molecule has 0 aliphatic heterocycles. The van der Waals surface area contributed by atoms with Crippen LogP contribution in [0.15, 0.2) is 53.4 Å². The first-order valence-electron chi connectivity index (χ1n) is 6.06. The van der Waals surface area contributed by atoms with Crippen LogP contribution in [-0.4, -0.2) is 11.5 Å². The van der Waals surface area contributed by atoms with E-state index < -0.39 is 0 Å². The molecule has 0 saturated heterocycles. The average Bonchev–Trinajstić information content (AvgIpc) is 2.42. The second-order valence-electron chi connectivity index (χ2n) is 4.06. The van der Waals surface area contributed by atoms with Crippen molar-refractivity contribution in [2.75, 3.05) is 5.75 Å². The normalized spacial score (nSPS) is 10.3. The molecule has 0 atom stereocenters. The molecule has 18 heavy (non-hydrogen) atoms. The summed E-state index contributed by atoms with van der Waals surface area (Å²) in [5, 5.41) is 0. The number of carbonyl (C=O) groups is 1. The van der Waals surface area contributed by atoms with Gasteiger partial charge in [0.1, 0.15) is 0 Å². The van der Waals surface area contributed by atoms with E-state index in [2.05, 4.69) is 13.0 Å². The second kappa shape index (κ2) is 5.87. The molecule has 0 radical (unpaired) electrons. The van der Waals surface area contributed by atoms with E-state index in [9.17, 15) is 4.79 Å². The van der Waals surface area contributed by atoms with Crippen LogP contribution in [-0.2, 0) is 0 Å². The molecule has 0 fully saturated rings. The average molecular weight is 256 g/mol. The fraction of sp³-hybridized carbons (Fsp3) is 0.188. The van der Waals surface area contributed by atoms with Gasteiger partial charge in [0, 0.05) is 16.0 Å². The molecular weight excluding hydrogens is 240 g/mol. The Labute approximate surface area is 112 Å². The van der Waals surface area contributed by atoms with Gasteiger partial charge in [-0.25, -0.2) is 0 Å². The smallest absolute Gasteiger partial charge is 0.193 e. The molecule has 2 aromatic carbocycles. The predicted octanol–water partition coefficient (Wildman–Crippen LogP) is 4.34. The molecular formula is C16H16OS. The van der Waals surface area contributed by atoms with Crippen molar-refractivity contribution in [3.8, 4) is 0 Å². The lowest BCUT2D eigenvalue weighted by atomic mass is 9.99. The van der Waals surface area contributed by atoms with Gasteiger partial charge in [0.2, 0.25) is 0 Å². The second-order valence-corrected chi connectivity index (χ2v) is 5.36. The predicted molar refractivity (Wildman–Crippen MR) is 77.5 cm³/mol. The molecule has 92 valence electrons. The Balaban J connectivity index is 2.40. The maximum atomic E-state index is 12.4. The maximum absolute atomic E-state index is 12.4. The topological polar surface area (TPSA) is 17.1 Å². The van der Waals surface area contributed by atoms with E-state index in [0.29, 0.717) is 0 Å². The van der Waals surface area contributed by atoms with Gasteiger partial charge >= 0.3 is 0 Å². The van der Waals surface area contributed by atoms with Crippen molar-refractivity contribution in [2.45, 2.75) is 18.7 Å². The van der Waals surface area contributed by atoms with Crippen molar-refractivity contribution < 1.29 is 4.79 Å². The van der Waals surface area contributed by atoms with E-state index >= 15 is 0 Å². The summed E-state index contributed by atoms with van der Waals surface area (Å²) in [5.41, 5.74) is 2.64. The maximum Gasteiger partial charge on any atom is 0.193 e. The number of ketones is 1. The van der Waals surface area contributed by atoms with Gasteiger partial charge in [0.15, 0.2) is 5.78 Å². The third-order valence-corrected chi connectivity index (χ3v) is 3.91. The van der Waals surface area contributed by atoms with Gasteiger partial charge in [-0.15, -0.1) is 11.8 Å². The van der Waals surface area contributed by atoms with E-state index in [-0.39, 0.29) is 5.78 Å². The van der Waals surface area contributed by atoms with Crippen LogP contribution in [0.3, 0.4) is 0 Å². The number of thioether (sulfide) groups is 1. The van der Waals surface area contributed by atoms with Crippen molar-refractivity contribution >= 4 is 17.5 Å². The summed E-state index contributed by atoms with van der Waals surface area (Å²) < 4.78 is 0. The number of hydrogen-bond acceptors (Lipinski definition) is 2. The number of hydrogen-bond donors (Lipinski definition) is 0. The SMILES string of the molecule is CCSc1cccc(C(=O)c2ccccc2)c1C. The van der Waals surface area contributed by atoms with E-state index in [1.54, 1.807) is 11.8 Å². The quantitative estimate of drug-likeness (QED) is 0.598. The first-order valence-corrected chi connectivity index (χ1v) is 7.04. The Morgan fingerprint density at radius 1 is 1.06 bits per heavy atom. The molecule has 0 bridgehead atoms. The molecule has 0 amide bonds. The van der Waals surface area contributed by atoms with E-state index in [1.165, 1.54) is 4.90 Å². The third-order valence-electron chi connectivity index (χ3n) is 2.86. The minimum Gasteiger partial charge on any atom is -0.289 e. The Morgan fingerprint density at radius 2 is 1.78 bits per heavy atom. The highest BCUT2D eigenvalue weighted by Gasteiger charge is 2.13. The third kappa shape index (κ3) is 2.65. The van der Waals surface area contributed by atoms with Crippen LogP contribution in [0.2, 0.25) is 0 Å². The highest BCUT2D eigenvalue weighted by molar-refractivity contribution is 7.99. The van der Waals surface area contributed by atoms with Crippen LogP contribution < -0.4 is 0 Å². The lowest BCUT2D eigenvalue weighted by molar-refractivity contribution is 0.103. The molecule has 2 heteroatoms. The first kappa shape index (κ1) is 12.9. The number of rotatable bonds is 4. The minimum atomic E-state index is 0.103. The zero-order valence-corrected chi connectivity index (χ0v) is 11.5. The van der Waals surface area contributed by atoms with Crippen LogP contribution in [0, 0.1) is 6.92 Å². The minimum absolute atomic E-state index is 0.103. The lowest BCUT2D eigenvalue weighted by Crippen LogP contribution is -2.04. The lowest BCUT2D eigenvalue weighted by Gasteiger charge is -2.09. The van der Waals surface area contributed by atoms with Gasteiger partial charge in [0.25, 0.3) is 0 Å². The Hall–Kier alpha value is -1.54. The molecule has 1 nitrogen and oxygen atoms in total. The molecule has 0 unspecified atom stereocenters. The molecule has 0 aliphatic carbocycles. The van der Waals surface area contributed by atoms with Gasteiger partial charge in [-0.1, -0.05) is 49.4 Å². The van der Waals surface area contributed by atoms with Crippen LogP contribution in [0.5, 0.6) is 0 Å². The zero-order valence-electron chi connectivity index (χ0n) is 10.6. The van der Waals surface area contributed by atoms with Crippen LogP contribution in [0.4, 0.5) is 0 Å². The van der Waals surface area contributed by atoms with Crippen LogP contribution in [0.25, 0.3) is 0 Å². The van der Waals surface area contributed by atoms with Crippen molar-refractivity contribution in [3.63, 3.8) is 0 Å². The van der Waals surface area contributed by atoms with Gasteiger partial charge in [-0.05, 0) is 24.3 Å². The summed E-state index contributed by atoms with van der Waals surface area (Å²) in [5.74, 6) is 1.12. The number of carbonyl (C=O) groups excluding carboxylic acids is 1. The van der Waals surface area contributed by atoms with Crippen molar-refractivity contribution in [1.82, 2.24) is 0 Å². The molecule has 0 spiro atoms. The van der Waals surface area contributed by atoms with Crippen LogP contribution >= 0.6 is 11.8 Å². The highest BCUT2D eigenvalue weighted by atomic mass is 32.2. The van der Waals surface area contributed by atoms with Gasteiger partial charge in [-0.2, -0.15) is 0 Å². The molecule has 0 saturated carbocycles. The van der Waals surface area contributed by atoms with Gasteiger partial charge in [0.05, 0.1) is 0 Å². The molecule has 0 aromatic heterocycles. The van der Waals surface area contributed by atoms with Crippen molar-refractivity contribution in [2.24, 2.45) is 0 Å². The fourth-order valence-electron chi connectivity index (χ4n) is 1.92. The summed E-state index contributed by atoms with van der Waals surface area (Å²) in [6, 6.07) is 15.4. The highest BCUT2D eigenvalue weighted by Crippen LogP contribution is 2.25. The Kier molecular flexibility index (Phi) is 4.21. The summed E-state index contributed by atoms with van der Waals surface area (Å²) >= 11 is 1.78. The van der Waals surface area contributed by atoms with E-state index in [4.69, 9.17) is 0 Å². The van der Waals surface area contributed by atoms with Crippen molar-refractivity contribution in [3.05, 3.63) is 65.2 Å². The van der Waals surface area contributed by atoms with Crippen molar-refractivity contribution in [1.29, 1.82) is 0 Å². The molecule has 2 rings (SSSR count). The summed E-state index contributed by atoms with van der Waals surface area (Å²) in [6.45, 7) is 4.14. The largest absolute Gasteiger partial charge is 0.289 e. The molecule has 0 N–H and O–H groups in total. The first-order chi connectivity index (χ1) is 8.74. The van der Waals surface area contributed by atoms with Gasteiger partial charge in [-0.3, -0.25) is 4.79 Å². The summed E-state index contributed by atoms with van der Waals surface area (Å²) in [6.07, 6.45) is 0. The summed E-state index contributed by atoms with van der Waals surface area (Å²) in [4.78, 5) is 13.6. The standard InChI is InChI=1S/C16H16OS/c1-3-18-15-11-7-10-14(12(15)2)16(17)13-8-5-4-6-9-13/h4-11H,3H2,1-2H3. The van der Waals surface area contributed by atoms with E-state index in [1.807, 2.05) is 49.4 Å². The van der Waals surface area contributed by atoms with E-state index in [0.717, 1.165) is 22.4 Å². The monoisotopic (exact) mass is 256 g/mol. The molecule has 2 aromatic rings.